The molecule has 1 aromatic carbocycles. The average Bonchev–Trinajstić information content (AvgIpc) is 3.00. The lowest BCUT2D eigenvalue weighted by Gasteiger charge is -2.00. The van der Waals surface area contributed by atoms with E-state index < -0.39 is 0 Å². The molecule has 2 heterocycles. The molecule has 0 saturated carbocycles. The van der Waals surface area contributed by atoms with E-state index in [-0.39, 0.29) is 0 Å². The molecule has 0 aliphatic carbocycles. The molecule has 0 bridgehead atoms. The monoisotopic (exact) mass is 358 g/mol. The number of nitrogens with zero attached hydrogens (tertiary/aromatic N) is 4. The summed E-state index contributed by atoms with van der Waals surface area (Å²) in [6.07, 6.45) is 1.15. The highest BCUT2D eigenvalue weighted by Crippen LogP contribution is 2.33. The summed E-state index contributed by atoms with van der Waals surface area (Å²) in [5.74, 6) is 2.79. The summed E-state index contributed by atoms with van der Waals surface area (Å²) in [5.41, 5.74) is 0.865. The van der Waals surface area contributed by atoms with Crippen molar-refractivity contribution >= 4 is 51.3 Å². The largest absolute Gasteiger partial charge is 0.235 e. The Labute approximate surface area is 140 Å². The summed E-state index contributed by atoms with van der Waals surface area (Å²) in [4.78, 5) is 0.781. The molecule has 21 heavy (non-hydrogen) atoms. The molecule has 0 atom stereocenters. The van der Waals surface area contributed by atoms with Crippen molar-refractivity contribution in [3.8, 4) is 10.6 Å². The molecule has 2 aromatic heterocycles. The summed E-state index contributed by atoms with van der Waals surface area (Å²) in [7, 11) is 0. The maximum atomic E-state index is 6.23. The van der Waals surface area contributed by atoms with E-state index in [1.54, 1.807) is 10.6 Å². The Bertz CT molecular complexity index is 769. The minimum Gasteiger partial charge on any atom is -0.186 e. The van der Waals surface area contributed by atoms with Gasteiger partial charge in [-0.25, -0.2) is 0 Å². The topological polar surface area (TPSA) is 43.1 Å². The molecule has 0 aliphatic heterocycles. The Morgan fingerprint density at radius 3 is 2.90 bits per heavy atom. The third-order valence-electron chi connectivity index (χ3n) is 2.80. The Morgan fingerprint density at radius 1 is 1.29 bits per heavy atom. The molecule has 4 nitrogen and oxygen atoms in total. The highest BCUT2D eigenvalue weighted by Gasteiger charge is 2.14. The minimum atomic E-state index is 0.592. The van der Waals surface area contributed by atoms with E-state index in [4.69, 9.17) is 23.2 Å². The summed E-state index contributed by atoms with van der Waals surface area (Å²) < 4.78 is 1.80. The SMILES string of the molecule is CCCSCc1nnc2sc(-c3ccc(Cl)cc3Cl)nn12. The molecule has 0 spiro atoms. The van der Waals surface area contributed by atoms with E-state index in [0.29, 0.717) is 10.0 Å². The summed E-state index contributed by atoms with van der Waals surface area (Å²) >= 11 is 15.5. The zero-order valence-electron chi connectivity index (χ0n) is 11.2. The second kappa shape index (κ2) is 6.52. The molecule has 0 unspecified atom stereocenters. The van der Waals surface area contributed by atoms with E-state index in [1.165, 1.54) is 11.3 Å². The Balaban J connectivity index is 1.94. The van der Waals surface area contributed by atoms with Gasteiger partial charge in [-0.3, -0.25) is 0 Å². The van der Waals surface area contributed by atoms with Crippen LogP contribution in [-0.4, -0.2) is 25.6 Å². The number of halogens is 2. The number of thioether (sulfide) groups is 1. The summed E-state index contributed by atoms with van der Waals surface area (Å²) in [6, 6.07) is 5.41. The van der Waals surface area contributed by atoms with E-state index in [0.717, 1.165) is 39.3 Å². The Kier molecular flexibility index (Phi) is 4.69. The van der Waals surface area contributed by atoms with Gasteiger partial charge in [-0.15, -0.1) is 10.2 Å². The highest BCUT2D eigenvalue weighted by molar-refractivity contribution is 7.98. The number of rotatable bonds is 5. The minimum absolute atomic E-state index is 0.592. The van der Waals surface area contributed by atoms with Crippen LogP contribution in [-0.2, 0) is 5.75 Å². The Morgan fingerprint density at radius 2 is 2.14 bits per heavy atom. The standard InChI is InChI=1S/C13H12Cl2N4S2/c1-2-5-20-7-11-16-17-13-19(11)18-12(21-13)9-4-3-8(14)6-10(9)15/h3-4,6H,2,5,7H2,1H3. The van der Waals surface area contributed by atoms with Crippen LogP contribution >= 0.6 is 46.3 Å². The van der Waals surface area contributed by atoms with E-state index >= 15 is 0 Å². The van der Waals surface area contributed by atoms with Gasteiger partial charge in [0.05, 0.1) is 10.8 Å². The van der Waals surface area contributed by atoms with Gasteiger partial charge < -0.3 is 0 Å². The quantitative estimate of drug-likeness (QED) is 0.614. The van der Waals surface area contributed by atoms with Crippen molar-refractivity contribution in [3.63, 3.8) is 0 Å². The van der Waals surface area contributed by atoms with Gasteiger partial charge in [0.1, 0.15) is 5.01 Å². The fraction of sp³-hybridized carbons (Fsp3) is 0.308. The molecule has 0 N–H and O–H groups in total. The van der Waals surface area contributed by atoms with Crippen LogP contribution in [0, 0.1) is 0 Å². The van der Waals surface area contributed by atoms with Crippen molar-refractivity contribution in [2.24, 2.45) is 0 Å². The molecule has 110 valence electrons. The third-order valence-corrected chi connectivity index (χ3v) is 5.44. The fourth-order valence-corrected chi connectivity index (χ4v) is 4.07. The lowest BCUT2D eigenvalue weighted by atomic mass is 10.2. The van der Waals surface area contributed by atoms with Crippen molar-refractivity contribution in [3.05, 3.63) is 34.1 Å². The molecule has 0 amide bonds. The number of hydrogen-bond donors (Lipinski definition) is 0. The Hall–Kier alpha value is -0.820. The molecule has 0 fully saturated rings. The molecule has 0 radical (unpaired) electrons. The summed E-state index contributed by atoms with van der Waals surface area (Å²) in [6.45, 7) is 2.16. The average molecular weight is 359 g/mol. The first kappa shape index (κ1) is 15.1. The van der Waals surface area contributed by atoms with Crippen LogP contribution in [0.25, 0.3) is 15.5 Å². The second-order valence-corrected chi connectivity index (χ2v) is 7.30. The van der Waals surface area contributed by atoms with Gasteiger partial charge in [0.2, 0.25) is 4.96 Å². The third kappa shape index (κ3) is 3.18. The van der Waals surface area contributed by atoms with Crippen molar-refractivity contribution in [2.75, 3.05) is 5.75 Å². The molecular formula is C13H12Cl2N4S2. The lowest BCUT2D eigenvalue weighted by molar-refractivity contribution is 0.887. The molecule has 0 aliphatic rings. The highest BCUT2D eigenvalue weighted by atomic mass is 35.5. The van der Waals surface area contributed by atoms with Crippen LogP contribution in [0.1, 0.15) is 19.2 Å². The molecule has 8 heteroatoms. The van der Waals surface area contributed by atoms with Crippen LogP contribution in [0.15, 0.2) is 18.2 Å². The number of hydrogen-bond acceptors (Lipinski definition) is 5. The smallest absolute Gasteiger partial charge is 0.186 e. The molecular weight excluding hydrogens is 347 g/mol. The maximum absolute atomic E-state index is 6.23. The van der Waals surface area contributed by atoms with Crippen molar-refractivity contribution < 1.29 is 0 Å². The first-order valence-corrected chi connectivity index (χ1v) is 9.16. The van der Waals surface area contributed by atoms with E-state index in [2.05, 4.69) is 22.2 Å². The van der Waals surface area contributed by atoms with E-state index in [1.807, 2.05) is 23.9 Å². The molecule has 3 aromatic rings. The van der Waals surface area contributed by atoms with Crippen LogP contribution in [0.3, 0.4) is 0 Å². The number of benzene rings is 1. The predicted octanol–water partition coefficient (Wildman–Crippen LogP) is 4.80. The lowest BCUT2D eigenvalue weighted by Crippen LogP contribution is -1.94. The second-order valence-electron chi connectivity index (χ2n) is 4.39. The van der Waals surface area contributed by atoms with Gasteiger partial charge in [-0.05, 0) is 30.4 Å². The van der Waals surface area contributed by atoms with Gasteiger partial charge in [0.15, 0.2) is 5.82 Å². The molecule has 0 saturated heterocycles. The van der Waals surface area contributed by atoms with E-state index in [9.17, 15) is 0 Å². The molecule has 3 rings (SSSR count). The maximum Gasteiger partial charge on any atom is 0.235 e. The predicted molar refractivity (Wildman–Crippen MR) is 90.6 cm³/mol. The van der Waals surface area contributed by atoms with Crippen LogP contribution in [0.5, 0.6) is 0 Å². The zero-order valence-corrected chi connectivity index (χ0v) is 14.4. The van der Waals surface area contributed by atoms with Gasteiger partial charge in [0.25, 0.3) is 0 Å². The normalized spacial score (nSPS) is 11.4. The van der Waals surface area contributed by atoms with Crippen molar-refractivity contribution in [2.45, 2.75) is 19.1 Å². The fourth-order valence-electron chi connectivity index (χ4n) is 1.83. The zero-order chi connectivity index (χ0) is 14.8. The van der Waals surface area contributed by atoms with Crippen LogP contribution in [0.4, 0.5) is 0 Å². The van der Waals surface area contributed by atoms with Gasteiger partial charge >= 0.3 is 0 Å². The van der Waals surface area contributed by atoms with Gasteiger partial charge in [-0.2, -0.15) is 21.4 Å². The first-order valence-electron chi connectivity index (χ1n) is 6.43. The van der Waals surface area contributed by atoms with Crippen molar-refractivity contribution in [1.29, 1.82) is 0 Å². The number of aromatic nitrogens is 4. The van der Waals surface area contributed by atoms with Crippen molar-refractivity contribution in [1.82, 2.24) is 19.8 Å². The first-order chi connectivity index (χ1) is 10.2. The van der Waals surface area contributed by atoms with Crippen LogP contribution < -0.4 is 0 Å². The van der Waals surface area contributed by atoms with Gasteiger partial charge in [0, 0.05) is 10.6 Å². The van der Waals surface area contributed by atoms with Crippen LogP contribution in [0.2, 0.25) is 10.0 Å². The summed E-state index contributed by atoms with van der Waals surface area (Å²) in [5, 5.41) is 15.0. The number of fused-ring (bicyclic) bond motifs is 1. The van der Waals surface area contributed by atoms with Gasteiger partial charge in [-0.1, -0.05) is 41.5 Å².